The zero-order valence-corrected chi connectivity index (χ0v) is 11.6. The molecule has 18 heavy (non-hydrogen) atoms. The van der Waals surface area contributed by atoms with Gasteiger partial charge in [0.1, 0.15) is 5.82 Å². The smallest absolute Gasteiger partial charge is 0.141 e. The van der Waals surface area contributed by atoms with Crippen molar-refractivity contribution in [2.45, 2.75) is 58.5 Å². The van der Waals surface area contributed by atoms with E-state index in [0.29, 0.717) is 6.42 Å². The molecule has 1 rings (SSSR count). The molecule has 0 spiro atoms. The molecule has 2 unspecified atom stereocenters. The summed E-state index contributed by atoms with van der Waals surface area (Å²) in [6, 6.07) is 3.04. The van der Waals surface area contributed by atoms with Crippen molar-refractivity contribution in [3.8, 4) is 0 Å². The molecule has 0 aliphatic carbocycles. The normalized spacial score (nSPS) is 16.3. The highest BCUT2D eigenvalue weighted by molar-refractivity contribution is 5.08. The number of pyridine rings is 1. The highest BCUT2D eigenvalue weighted by Crippen LogP contribution is 2.28. The summed E-state index contributed by atoms with van der Waals surface area (Å²) in [6.07, 6.45) is 5.94. The summed E-state index contributed by atoms with van der Waals surface area (Å²) in [6.45, 7) is 6.12. The van der Waals surface area contributed by atoms with Crippen molar-refractivity contribution in [2.75, 3.05) is 0 Å². The van der Waals surface area contributed by atoms with Gasteiger partial charge in [0.2, 0.25) is 0 Å². The van der Waals surface area contributed by atoms with Gasteiger partial charge in [-0.25, -0.2) is 4.39 Å². The summed E-state index contributed by atoms with van der Waals surface area (Å²) in [4.78, 5) is 4.03. The second-order valence-electron chi connectivity index (χ2n) is 5.25. The second-order valence-corrected chi connectivity index (χ2v) is 5.25. The fourth-order valence-corrected chi connectivity index (χ4v) is 2.43. The Morgan fingerprint density at radius 3 is 2.61 bits per heavy atom. The molecule has 1 heterocycles. The van der Waals surface area contributed by atoms with Crippen molar-refractivity contribution in [3.63, 3.8) is 0 Å². The van der Waals surface area contributed by atoms with E-state index in [0.717, 1.165) is 31.4 Å². The number of rotatable bonds is 7. The van der Waals surface area contributed by atoms with Crippen LogP contribution in [0.25, 0.3) is 0 Å². The molecule has 0 aliphatic rings. The van der Waals surface area contributed by atoms with E-state index in [1.807, 2.05) is 6.92 Å². The Hall–Kier alpha value is -0.960. The Labute approximate surface area is 109 Å². The van der Waals surface area contributed by atoms with Gasteiger partial charge in [0.05, 0.1) is 11.8 Å². The van der Waals surface area contributed by atoms with Gasteiger partial charge in [0, 0.05) is 12.1 Å². The summed E-state index contributed by atoms with van der Waals surface area (Å²) >= 11 is 0. The standard InChI is InChI=1S/C15H24FNO/c1-4-6-7-12(5-2)15(3,18)10-14-9-8-13(16)11-17-14/h8-9,11-12,18H,4-7,10H2,1-3H3. The number of aromatic nitrogens is 1. The fourth-order valence-electron chi connectivity index (χ4n) is 2.43. The lowest BCUT2D eigenvalue weighted by atomic mass is 9.80. The average Bonchev–Trinajstić information content (AvgIpc) is 2.32. The summed E-state index contributed by atoms with van der Waals surface area (Å²) in [7, 11) is 0. The maximum Gasteiger partial charge on any atom is 0.141 e. The molecule has 0 radical (unpaired) electrons. The Morgan fingerprint density at radius 1 is 1.39 bits per heavy atom. The highest BCUT2D eigenvalue weighted by Gasteiger charge is 2.30. The maximum absolute atomic E-state index is 12.8. The first-order chi connectivity index (χ1) is 8.49. The van der Waals surface area contributed by atoms with E-state index in [1.54, 1.807) is 6.07 Å². The van der Waals surface area contributed by atoms with Crippen LogP contribution in [0.15, 0.2) is 18.3 Å². The van der Waals surface area contributed by atoms with E-state index in [2.05, 4.69) is 18.8 Å². The molecule has 0 saturated carbocycles. The van der Waals surface area contributed by atoms with Crippen LogP contribution < -0.4 is 0 Å². The van der Waals surface area contributed by atoms with Gasteiger partial charge < -0.3 is 5.11 Å². The molecular formula is C15H24FNO. The third-order valence-electron chi connectivity index (χ3n) is 3.61. The lowest BCUT2D eigenvalue weighted by Crippen LogP contribution is -2.37. The first kappa shape index (κ1) is 15.1. The van der Waals surface area contributed by atoms with Crippen molar-refractivity contribution in [2.24, 2.45) is 5.92 Å². The molecule has 3 heteroatoms. The van der Waals surface area contributed by atoms with Crippen molar-refractivity contribution < 1.29 is 9.50 Å². The van der Waals surface area contributed by atoms with Gasteiger partial charge in [-0.05, 0) is 31.4 Å². The Kier molecular flexibility index (Phi) is 5.73. The summed E-state index contributed by atoms with van der Waals surface area (Å²) in [5.74, 6) is -0.0688. The molecule has 0 aromatic carbocycles. The second kappa shape index (κ2) is 6.83. The molecule has 2 atom stereocenters. The van der Waals surface area contributed by atoms with Crippen LogP contribution in [0.3, 0.4) is 0 Å². The maximum atomic E-state index is 12.8. The molecule has 1 aromatic heterocycles. The average molecular weight is 253 g/mol. The summed E-state index contributed by atoms with van der Waals surface area (Å²) in [5, 5.41) is 10.6. The van der Waals surface area contributed by atoms with Crippen LogP contribution in [0, 0.1) is 11.7 Å². The van der Waals surface area contributed by atoms with Crippen molar-refractivity contribution in [3.05, 3.63) is 29.8 Å². The minimum Gasteiger partial charge on any atom is -0.389 e. The number of unbranched alkanes of at least 4 members (excludes halogenated alkanes) is 1. The molecule has 2 nitrogen and oxygen atoms in total. The van der Waals surface area contributed by atoms with Crippen LogP contribution in [0.2, 0.25) is 0 Å². The monoisotopic (exact) mass is 253 g/mol. The van der Waals surface area contributed by atoms with Crippen LogP contribution in [-0.2, 0) is 6.42 Å². The van der Waals surface area contributed by atoms with E-state index in [-0.39, 0.29) is 11.7 Å². The lowest BCUT2D eigenvalue weighted by molar-refractivity contribution is -0.00771. The van der Waals surface area contributed by atoms with E-state index in [4.69, 9.17) is 0 Å². The number of hydrogen-bond acceptors (Lipinski definition) is 2. The van der Waals surface area contributed by atoms with Gasteiger partial charge in [-0.15, -0.1) is 0 Å². The van der Waals surface area contributed by atoms with Crippen molar-refractivity contribution in [1.82, 2.24) is 4.98 Å². The zero-order valence-electron chi connectivity index (χ0n) is 11.6. The largest absolute Gasteiger partial charge is 0.389 e. The molecule has 0 amide bonds. The predicted octanol–water partition coefficient (Wildman–Crippen LogP) is 3.73. The highest BCUT2D eigenvalue weighted by atomic mass is 19.1. The lowest BCUT2D eigenvalue weighted by Gasteiger charge is -2.32. The van der Waals surface area contributed by atoms with E-state index in [1.165, 1.54) is 12.3 Å². The molecule has 102 valence electrons. The van der Waals surface area contributed by atoms with Gasteiger partial charge in [-0.1, -0.05) is 33.1 Å². The molecule has 0 aliphatic heterocycles. The fraction of sp³-hybridized carbons (Fsp3) is 0.667. The number of halogens is 1. The zero-order chi connectivity index (χ0) is 13.6. The van der Waals surface area contributed by atoms with Gasteiger partial charge in [0.25, 0.3) is 0 Å². The molecule has 1 N–H and O–H groups in total. The summed E-state index contributed by atoms with van der Waals surface area (Å²) in [5.41, 5.74) is -0.0225. The van der Waals surface area contributed by atoms with E-state index in [9.17, 15) is 9.50 Å². The van der Waals surface area contributed by atoms with Gasteiger partial charge in [-0.3, -0.25) is 4.98 Å². The third kappa shape index (κ3) is 4.37. The van der Waals surface area contributed by atoms with Crippen LogP contribution >= 0.6 is 0 Å². The van der Waals surface area contributed by atoms with Crippen molar-refractivity contribution >= 4 is 0 Å². The van der Waals surface area contributed by atoms with E-state index >= 15 is 0 Å². The number of hydrogen-bond donors (Lipinski definition) is 1. The Morgan fingerprint density at radius 2 is 2.11 bits per heavy atom. The third-order valence-corrected chi connectivity index (χ3v) is 3.61. The van der Waals surface area contributed by atoms with Crippen LogP contribution in [0.1, 0.15) is 52.1 Å². The SMILES string of the molecule is CCCCC(CC)C(C)(O)Cc1ccc(F)cn1. The van der Waals surface area contributed by atoms with Crippen molar-refractivity contribution in [1.29, 1.82) is 0 Å². The van der Waals surface area contributed by atoms with Gasteiger partial charge in [0.15, 0.2) is 0 Å². The first-order valence-corrected chi connectivity index (χ1v) is 6.82. The van der Waals surface area contributed by atoms with Crippen LogP contribution in [0.5, 0.6) is 0 Å². The van der Waals surface area contributed by atoms with Crippen LogP contribution in [-0.4, -0.2) is 15.7 Å². The number of nitrogens with zero attached hydrogens (tertiary/aromatic N) is 1. The first-order valence-electron chi connectivity index (χ1n) is 6.82. The molecule has 1 aromatic rings. The minimum absolute atomic E-state index is 0.268. The Bertz CT molecular complexity index is 348. The van der Waals surface area contributed by atoms with Crippen LogP contribution in [0.4, 0.5) is 4.39 Å². The summed E-state index contributed by atoms with van der Waals surface area (Å²) < 4.78 is 12.8. The molecule has 0 fully saturated rings. The van der Waals surface area contributed by atoms with Gasteiger partial charge in [-0.2, -0.15) is 0 Å². The molecule has 0 bridgehead atoms. The number of aliphatic hydroxyl groups is 1. The van der Waals surface area contributed by atoms with Gasteiger partial charge >= 0.3 is 0 Å². The molecule has 0 saturated heterocycles. The van der Waals surface area contributed by atoms with E-state index < -0.39 is 5.60 Å². The Balaban J connectivity index is 2.69. The minimum atomic E-state index is -0.769. The molecular weight excluding hydrogens is 229 g/mol. The predicted molar refractivity (Wildman–Crippen MR) is 71.8 cm³/mol. The topological polar surface area (TPSA) is 33.1 Å². The quantitative estimate of drug-likeness (QED) is 0.803.